The Hall–Kier alpha value is -6.75. The van der Waals surface area contributed by atoms with E-state index in [0.717, 1.165) is 0 Å². The molecule has 0 radical (unpaired) electrons. The summed E-state index contributed by atoms with van der Waals surface area (Å²) in [6, 6.07) is -3.32. The largest absolute Gasteiger partial charge is 0.481 e. The summed E-state index contributed by atoms with van der Waals surface area (Å²) in [6.07, 6.45) is -12.7. The van der Waals surface area contributed by atoms with Gasteiger partial charge in [-0.3, -0.25) is 52.7 Å². The number of amides is 10. The molecule has 0 bridgehead atoms. The maximum atomic E-state index is 13.9. The van der Waals surface area contributed by atoms with Crippen LogP contribution in [0.4, 0.5) is 0 Å². The highest BCUT2D eigenvalue weighted by Crippen LogP contribution is 2.26. The van der Waals surface area contributed by atoms with Crippen molar-refractivity contribution < 1.29 is 170 Å². The van der Waals surface area contributed by atoms with Gasteiger partial charge < -0.3 is 171 Å². The van der Waals surface area contributed by atoms with E-state index < -0.39 is 165 Å². The quantitative estimate of drug-likeness (QED) is 0.0252. The lowest BCUT2D eigenvalue weighted by atomic mass is 9.97. The molecule has 3 heterocycles. The Bertz CT molecular complexity index is 2660. The van der Waals surface area contributed by atoms with Crippen molar-refractivity contribution in [3.63, 3.8) is 0 Å². The minimum absolute atomic E-state index is 0.0598. The SMILES string of the molecule is CC(=O)N[C@H]1[C@H](OCCCCC(=O)NCCCNC(=O)CCOCC(COCCC(=O)NCCCNC(=O)CCCCO[C@@H]2O[C@H](CO)[C@H](O)[C@H](O)[C@H]2NC(C)=O)(COCCC(=O)NCCCNC(=O)CCCCO[C@@H]2O[C@H](CO)[C@H](O)[C@H](O)[C@H]2NC(C)=O)NC(=O)CCOCCOCCOCCOCCOCCC(=O)O)O[C@H](CO)[C@H](O)[C@@H]1O. The number of hydrogen-bond donors (Lipinski definition) is 20. The summed E-state index contributed by atoms with van der Waals surface area (Å²) in [5.41, 5.74) is -1.51. The number of unbranched alkanes of at least 4 members (excludes halogenated alkanes) is 3. The van der Waals surface area contributed by atoms with Gasteiger partial charge in [-0.1, -0.05) is 0 Å². The van der Waals surface area contributed by atoms with E-state index in [4.69, 9.17) is 71.4 Å². The van der Waals surface area contributed by atoms with Gasteiger partial charge in [0.2, 0.25) is 59.1 Å². The fourth-order valence-electron chi connectivity index (χ4n) is 12.0. The molecule has 0 saturated carbocycles. The summed E-state index contributed by atoms with van der Waals surface area (Å²) in [5, 5.41) is 127. The van der Waals surface area contributed by atoms with E-state index in [9.17, 15) is 98.7 Å². The van der Waals surface area contributed by atoms with Gasteiger partial charge in [-0.05, 0) is 57.8 Å². The number of carbonyl (C=O) groups excluding carboxylic acids is 10. The summed E-state index contributed by atoms with van der Waals surface area (Å²) in [4.78, 5) is 137. The van der Waals surface area contributed by atoms with Crippen LogP contribution in [0.1, 0.15) is 130 Å². The van der Waals surface area contributed by atoms with Crippen molar-refractivity contribution in [3.8, 4) is 0 Å². The Balaban J connectivity index is 1.57. The summed E-state index contributed by atoms with van der Waals surface area (Å²) in [6.45, 7) is 3.69. The lowest BCUT2D eigenvalue weighted by Crippen LogP contribution is -2.64. The number of hydrogen-bond acceptors (Lipinski definition) is 34. The zero-order valence-corrected chi connectivity index (χ0v) is 69.2. The zero-order valence-electron chi connectivity index (χ0n) is 69.2. The molecule has 3 aliphatic rings. The molecule has 0 aliphatic carbocycles. The molecule has 3 aliphatic heterocycles. The molecule has 3 fully saturated rings. The van der Waals surface area contributed by atoms with Gasteiger partial charge in [0.15, 0.2) is 18.9 Å². The highest BCUT2D eigenvalue weighted by atomic mass is 16.7. The first-order valence-corrected chi connectivity index (χ1v) is 40.9. The summed E-state index contributed by atoms with van der Waals surface area (Å²) in [5.74, 6) is -5.02. The monoisotopic (exact) mass is 1730 g/mol. The zero-order chi connectivity index (χ0) is 88.3. The van der Waals surface area contributed by atoms with E-state index in [1.807, 2.05) is 0 Å². The normalized spacial score (nSPS) is 22.9. The third kappa shape index (κ3) is 47.8. The molecule has 45 nitrogen and oxygen atoms in total. The average Bonchev–Trinajstić information content (AvgIpc) is 0.819. The Kier molecular flexibility index (Phi) is 58.1. The molecule has 10 amide bonds. The summed E-state index contributed by atoms with van der Waals surface area (Å²) < 4.78 is 79.3. The number of aliphatic carboxylic acids is 1. The van der Waals surface area contributed by atoms with Crippen LogP contribution < -0.4 is 53.2 Å². The lowest BCUT2D eigenvalue weighted by Gasteiger charge is -2.42. The molecule has 20 N–H and O–H groups in total. The van der Waals surface area contributed by atoms with Crippen molar-refractivity contribution >= 4 is 65.0 Å². The van der Waals surface area contributed by atoms with E-state index in [0.29, 0.717) is 57.8 Å². The lowest BCUT2D eigenvalue weighted by molar-refractivity contribution is -0.270. The van der Waals surface area contributed by atoms with Gasteiger partial charge >= 0.3 is 5.97 Å². The first kappa shape index (κ1) is 107. The number of aliphatic hydroxyl groups excluding tert-OH is 9. The third-order valence-electron chi connectivity index (χ3n) is 18.4. The first-order chi connectivity index (χ1) is 57.6. The van der Waals surface area contributed by atoms with Crippen molar-refractivity contribution in [2.45, 2.75) is 227 Å². The van der Waals surface area contributed by atoms with Crippen LogP contribution in [0.15, 0.2) is 0 Å². The van der Waals surface area contributed by atoms with Crippen LogP contribution in [-0.4, -0.2) is 398 Å². The summed E-state index contributed by atoms with van der Waals surface area (Å²) >= 11 is 0. The van der Waals surface area contributed by atoms with E-state index >= 15 is 0 Å². The highest BCUT2D eigenvalue weighted by molar-refractivity contribution is 5.79. The number of nitrogens with one attached hydrogen (secondary N) is 10. The highest BCUT2D eigenvalue weighted by Gasteiger charge is 2.48. The number of carboxylic acids is 1. The van der Waals surface area contributed by atoms with Crippen LogP contribution >= 0.6 is 0 Å². The first-order valence-electron chi connectivity index (χ1n) is 40.9. The smallest absolute Gasteiger partial charge is 0.305 e. The minimum atomic E-state index is -1.51. The average molecular weight is 1740 g/mol. The van der Waals surface area contributed by atoms with Crippen molar-refractivity contribution in [3.05, 3.63) is 0 Å². The molecule has 0 spiro atoms. The third-order valence-corrected chi connectivity index (χ3v) is 18.4. The second-order valence-corrected chi connectivity index (χ2v) is 28.6. The Morgan fingerprint density at radius 2 is 0.533 bits per heavy atom. The van der Waals surface area contributed by atoms with Gasteiger partial charge in [-0.25, -0.2) is 0 Å². The second-order valence-electron chi connectivity index (χ2n) is 28.6. The predicted molar refractivity (Wildman–Crippen MR) is 416 cm³/mol. The molecule has 45 heteroatoms. The van der Waals surface area contributed by atoms with Crippen LogP contribution in [0, 0.1) is 0 Å². The van der Waals surface area contributed by atoms with Crippen LogP contribution in [0.3, 0.4) is 0 Å². The van der Waals surface area contributed by atoms with Gasteiger partial charge in [0.1, 0.15) is 78.6 Å². The molecule has 0 unspecified atom stereocenters. The molecule has 0 aromatic rings. The van der Waals surface area contributed by atoms with Gasteiger partial charge in [0.05, 0.1) is 132 Å². The van der Waals surface area contributed by atoms with E-state index in [2.05, 4.69) is 53.2 Å². The fraction of sp³-hybridized carbons (Fsp3) is 0.853. The van der Waals surface area contributed by atoms with E-state index in [1.54, 1.807) is 0 Å². The maximum Gasteiger partial charge on any atom is 0.305 e. The van der Waals surface area contributed by atoms with Crippen LogP contribution in [0.5, 0.6) is 0 Å². The molecule has 694 valence electrons. The Labute approximate surface area is 698 Å². The molecule has 0 aromatic heterocycles. The van der Waals surface area contributed by atoms with Crippen molar-refractivity contribution in [2.24, 2.45) is 0 Å². The predicted octanol–water partition coefficient (Wildman–Crippen LogP) is -7.73. The fourth-order valence-corrected chi connectivity index (χ4v) is 12.0. The number of aliphatic hydroxyl groups is 9. The number of carbonyl (C=O) groups is 11. The van der Waals surface area contributed by atoms with Gasteiger partial charge in [0, 0.05) is 125 Å². The molecule has 15 atom stereocenters. The van der Waals surface area contributed by atoms with E-state index in [-0.39, 0.29) is 234 Å². The topological polar surface area (TPSA) is 640 Å². The van der Waals surface area contributed by atoms with Crippen LogP contribution in [0.2, 0.25) is 0 Å². The number of ether oxygens (including phenoxy) is 14. The van der Waals surface area contributed by atoms with Gasteiger partial charge in [0.25, 0.3) is 0 Å². The Morgan fingerprint density at radius 1 is 0.292 bits per heavy atom. The van der Waals surface area contributed by atoms with Gasteiger partial charge in [-0.15, -0.1) is 0 Å². The van der Waals surface area contributed by atoms with E-state index in [1.165, 1.54) is 20.8 Å². The number of rotatable bonds is 70. The van der Waals surface area contributed by atoms with Crippen molar-refractivity contribution in [1.29, 1.82) is 0 Å². The molecule has 120 heavy (non-hydrogen) atoms. The molecule has 3 saturated heterocycles. The molecular formula is C75H134N10O35. The van der Waals surface area contributed by atoms with Crippen molar-refractivity contribution in [1.82, 2.24) is 53.2 Å². The standard InChI is InChI=1S/C75H134N10O35/c1-49(89)82-63-69(104)66(101)52(43-86)118-72(63)115-27-7-4-13-55(92)76-21-10-24-79-58(95)16-31-112-46-75(85-61(98)19-30-107-35-37-109-39-41-111-42-40-110-38-36-108-34-20-62(99)100,47-113-32-17-59(96)80-25-11-22-77-56(93)14-5-8-28-116-73-64(83-50(2)90)70(105)67(102)53(44-87)119-73)48-114-33-18-60(97)81-26-12-23-78-57(94)15-6-9-29-117-74-65(84-51(3)91)71(106)68(103)54(45-88)120-74/h52-54,63-74,86-88,101-106H,4-48H2,1-3H3,(H,76,92)(H,77,93)(H,78,94)(H,79,95)(H,80,96)(H,81,97)(H,82,89)(H,83,90)(H,84,91)(H,85,98)(H,99,100)/t52-,53-,54-,63-,64-,65-,66+,67+,68+,69-,70-,71-,72-,73-,74-/m1/s1. The number of carboxylic acid groups (broad SMARTS) is 1. The van der Waals surface area contributed by atoms with Crippen LogP contribution in [-0.2, 0) is 119 Å². The van der Waals surface area contributed by atoms with Crippen molar-refractivity contribution in [2.75, 3.05) is 185 Å². The second kappa shape index (κ2) is 65.0. The molecule has 0 aromatic carbocycles. The maximum absolute atomic E-state index is 13.9. The summed E-state index contributed by atoms with van der Waals surface area (Å²) in [7, 11) is 0. The Morgan fingerprint density at radius 3 is 0.792 bits per heavy atom. The molecule has 3 rings (SSSR count). The molecular weight excluding hydrogens is 1600 g/mol. The van der Waals surface area contributed by atoms with Gasteiger partial charge in [-0.2, -0.15) is 0 Å². The minimum Gasteiger partial charge on any atom is -0.481 e. The van der Waals surface area contributed by atoms with Crippen LogP contribution in [0.25, 0.3) is 0 Å².